The van der Waals surface area contributed by atoms with Gasteiger partial charge in [0.2, 0.25) is 4.08 Å². The van der Waals surface area contributed by atoms with Crippen LogP contribution in [-0.2, 0) is 24.4 Å². The predicted octanol–water partition coefficient (Wildman–Crippen LogP) is 1.17. The Morgan fingerprint density at radius 2 is 1.44 bits per heavy atom. The van der Waals surface area contributed by atoms with Gasteiger partial charge in [-0.15, -0.1) is 0 Å². The highest BCUT2D eigenvalue weighted by molar-refractivity contribution is 7.87. The first kappa shape index (κ1) is 28.2. The maximum absolute atomic E-state index is 12.6. The predicted molar refractivity (Wildman–Crippen MR) is 96.1 cm³/mol. The summed E-state index contributed by atoms with van der Waals surface area (Å²) in [6, 6.07) is 15.6. The highest BCUT2D eigenvalue weighted by atomic mass is 127. The number of hydrogen-bond acceptors (Lipinski definition) is 6. The zero-order chi connectivity index (χ0) is 24.8. The summed E-state index contributed by atoms with van der Waals surface area (Å²) in [5.41, 5.74) is -10.0. The van der Waals surface area contributed by atoms with Gasteiger partial charge < -0.3 is 8.74 Å². The Kier molecular flexibility index (Phi) is 9.55. The molecule has 0 bridgehead atoms. The molecule has 0 aliphatic carbocycles. The molecule has 0 saturated carbocycles. The molecule has 0 N–H and O–H groups in total. The minimum absolute atomic E-state index is 0.290. The minimum Gasteiger partial charge on any atom is -0.741 e. The second-order valence-corrected chi connectivity index (χ2v) is 11.0. The van der Waals surface area contributed by atoms with Crippen molar-refractivity contribution in [1.29, 1.82) is 0 Å². The fourth-order valence-electron chi connectivity index (χ4n) is 1.69. The molecule has 0 heterocycles. The number of aryl methyl sites for hydroxylation is 1. The molecule has 32 heavy (non-hydrogen) atoms. The van der Waals surface area contributed by atoms with Gasteiger partial charge in [0.25, 0.3) is 0 Å². The molecule has 0 aromatic heterocycles. The first-order valence-electron chi connectivity index (χ1n) is 7.92. The summed E-state index contributed by atoms with van der Waals surface area (Å²) in [6.45, 7) is 1.76. The normalized spacial score (nSPS) is 13.2. The van der Waals surface area contributed by atoms with E-state index in [2.05, 4.69) is 4.18 Å². The van der Waals surface area contributed by atoms with E-state index in [9.17, 15) is 34.8 Å². The molecule has 0 unspecified atom stereocenters. The third-order valence-electron chi connectivity index (χ3n) is 3.08. The van der Waals surface area contributed by atoms with E-state index >= 15 is 0 Å². The average molecular weight is 618 g/mol. The molecule has 2 aromatic rings. The molecule has 0 atom stereocenters. The van der Waals surface area contributed by atoms with E-state index in [1.165, 1.54) is 10.1 Å². The topological polar surface area (TPSA) is 101 Å². The van der Waals surface area contributed by atoms with E-state index in [1.807, 2.05) is 30.3 Å². The number of alkyl halides is 6. The zero-order valence-corrected chi connectivity index (χ0v) is 19.5. The van der Waals surface area contributed by atoms with Gasteiger partial charge in [0.1, 0.15) is 0 Å². The maximum atomic E-state index is 12.6. The average Bonchev–Trinajstić information content (AvgIpc) is 2.64. The van der Waals surface area contributed by atoms with Crippen molar-refractivity contribution in [2.75, 3.05) is 0 Å². The largest absolute Gasteiger partial charge is 0.741 e. The van der Waals surface area contributed by atoms with Crippen molar-refractivity contribution in [3.63, 3.8) is 0 Å². The lowest BCUT2D eigenvalue weighted by Crippen LogP contribution is -3.59. The second-order valence-electron chi connectivity index (χ2n) is 5.63. The Labute approximate surface area is 190 Å². The number of rotatable bonds is 5. The van der Waals surface area contributed by atoms with Gasteiger partial charge in [-0.25, -0.2) is 8.42 Å². The summed E-state index contributed by atoms with van der Waals surface area (Å²) in [6.07, 6.45) is 0. The molecule has 6 nitrogen and oxygen atoms in total. The van der Waals surface area contributed by atoms with Crippen LogP contribution in [0.2, 0.25) is 0 Å². The van der Waals surface area contributed by atoms with Crippen molar-refractivity contribution in [2.45, 2.75) is 17.9 Å². The molecule has 178 valence electrons. The van der Waals surface area contributed by atoms with Crippen molar-refractivity contribution in [3.05, 3.63) is 73.4 Å². The molecule has 0 radical (unpaired) electrons. The molecular formula is C17H13F6IO6S2. The van der Waals surface area contributed by atoms with E-state index in [1.54, 1.807) is 25.1 Å². The monoisotopic (exact) mass is 618 g/mol. The van der Waals surface area contributed by atoms with Crippen LogP contribution in [0.4, 0.5) is 26.3 Å². The number of hydrogen-bond donors (Lipinski definition) is 0. The number of benzene rings is 2. The van der Waals surface area contributed by atoms with Crippen LogP contribution in [0.25, 0.3) is 5.76 Å². The van der Waals surface area contributed by atoms with E-state index < -0.39 is 52.5 Å². The minimum atomic E-state index is -6.09. The van der Waals surface area contributed by atoms with E-state index in [-0.39, 0.29) is 5.76 Å². The smallest absolute Gasteiger partial charge is 0.534 e. The van der Waals surface area contributed by atoms with Gasteiger partial charge in [-0.1, -0.05) is 42.0 Å². The van der Waals surface area contributed by atoms with Crippen molar-refractivity contribution in [1.82, 2.24) is 0 Å². The SMILES string of the molecule is Cc1cccc(/C(=C\[I+]c2ccccc2)OS(=O)(=O)C(F)(F)F)c1.O=S(=O)([O-])C(F)(F)F. The molecule has 0 amide bonds. The summed E-state index contributed by atoms with van der Waals surface area (Å²) in [7, 11) is -11.8. The fourth-order valence-corrected chi connectivity index (χ4v) is 4.30. The second kappa shape index (κ2) is 10.8. The Morgan fingerprint density at radius 1 is 0.906 bits per heavy atom. The summed E-state index contributed by atoms with van der Waals surface area (Å²) >= 11 is -0.859. The van der Waals surface area contributed by atoms with Gasteiger partial charge in [0.05, 0.1) is 0 Å². The molecule has 0 spiro atoms. The molecule has 0 saturated heterocycles. The summed E-state index contributed by atoms with van der Waals surface area (Å²) in [5, 5.41) is 0. The van der Waals surface area contributed by atoms with Gasteiger partial charge in [0.15, 0.2) is 19.4 Å². The van der Waals surface area contributed by atoms with Crippen LogP contribution in [0.1, 0.15) is 11.1 Å². The van der Waals surface area contributed by atoms with Crippen LogP contribution in [0.15, 0.2) is 58.7 Å². The van der Waals surface area contributed by atoms with Crippen LogP contribution in [0, 0.1) is 10.5 Å². The van der Waals surface area contributed by atoms with Crippen molar-refractivity contribution >= 4 is 26.0 Å². The summed E-state index contributed by atoms with van der Waals surface area (Å²) < 4.78 is 126. The van der Waals surface area contributed by atoms with Crippen LogP contribution in [0.3, 0.4) is 0 Å². The number of halogens is 7. The molecule has 15 heteroatoms. The first-order valence-corrected chi connectivity index (χ1v) is 13.1. The van der Waals surface area contributed by atoms with Crippen molar-refractivity contribution < 1.29 is 73.1 Å². The fraction of sp³-hybridized carbons (Fsp3) is 0.176. The summed E-state index contributed by atoms with van der Waals surface area (Å²) in [4.78, 5) is 0. The van der Waals surface area contributed by atoms with Crippen LogP contribution in [0.5, 0.6) is 0 Å². The Morgan fingerprint density at radius 3 is 1.88 bits per heavy atom. The van der Waals surface area contributed by atoms with Gasteiger partial charge >= 0.3 is 42.3 Å². The van der Waals surface area contributed by atoms with E-state index in [4.69, 9.17) is 13.0 Å². The molecule has 0 fully saturated rings. The maximum Gasteiger partial charge on any atom is 0.534 e. The van der Waals surface area contributed by atoms with Gasteiger partial charge in [-0.05, 0) is 25.1 Å². The molecule has 2 rings (SSSR count). The standard InChI is InChI=1S/C16H13F3IO3S.CHF3O3S/c1-12-6-5-7-13(10-12)15(23-24(21,22)16(17,18)19)11-20-14-8-3-2-4-9-14;2-1(3,4)8(5,6)7/h2-11H,1H3;(H,5,6,7)/q+1;/p-1/b15-11+;. The molecular weight excluding hydrogens is 605 g/mol. The van der Waals surface area contributed by atoms with Crippen molar-refractivity contribution in [2.24, 2.45) is 0 Å². The Hall–Kier alpha value is -1.85. The lowest BCUT2D eigenvalue weighted by molar-refractivity contribution is -0.556. The van der Waals surface area contributed by atoms with E-state index in [0.29, 0.717) is 5.56 Å². The Bertz CT molecular complexity index is 1140. The zero-order valence-electron chi connectivity index (χ0n) is 15.7. The van der Waals surface area contributed by atoms with Gasteiger partial charge in [-0.3, -0.25) is 0 Å². The van der Waals surface area contributed by atoms with Crippen molar-refractivity contribution in [3.8, 4) is 0 Å². The molecule has 2 aromatic carbocycles. The Balaban J connectivity index is 0.000000547. The van der Waals surface area contributed by atoms with Crippen LogP contribution in [-0.4, -0.2) is 32.4 Å². The third-order valence-corrected chi connectivity index (χ3v) is 6.93. The van der Waals surface area contributed by atoms with Gasteiger partial charge in [-0.2, -0.15) is 34.8 Å². The highest BCUT2D eigenvalue weighted by Gasteiger charge is 2.49. The van der Waals surface area contributed by atoms with E-state index in [0.717, 1.165) is 9.13 Å². The third kappa shape index (κ3) is 8.95. The van der Waals surface area contributed by atoms with Crippen LogP contribution >= 0.6 is 0 Å². The quantitative estimate of drug-likeness (QED) is 0.125. The first-order chi connectivity index (χ1) is 14.4. The lowest BCUT2D eigenvalue weighted by Gasteiger charge is -2.11. The van der Waals surface area contributed by atoms with Gasteiger partial charge in [0, 0.05) is 5.56 Å². The highest BCUT2D eigenvalue weighted by Crippen LogP contribution is 2.29. The summed E-state index contributed by atoms with van der Waals surface area (Å²) in [5.74, 6) is -0.298. The van der Waals surface area contributed by atoms with Crippen LogP contribution < -0.4 is 21.2 Å². The lowest BCUT2D eigenvalue weighted by atomic mass is 10.1. The molecule has 0 aliphatic heterocycles. The molecule has 0 aliphatic rings.